The van der Waals surface area contributed by atoms with E-state index in [1.54, 1.807) is 6.92 Å². The van der Waals surface area contributed by atoms with Crippen molar-refractivity contribution in [2.45, 2.75) is 26.6 Å². The average molecular weight is 226 g/mol. The molecule has 92 valence electrons. The Balaban J connectivity index is 0. The number of ether oxygens (including phenoxy) is 1. The second kappa shape index (κ2) is 11.9. The number of hydrogen-bond acceptors (Lipinski definition) is 2. The summed E-state index contributed by atoms with van der Waals surface area (Å²) in [4.78, 5) is 0. The summed E-state index contributed by atoms with van der Waals surface area (Å²) in [5.41, 5.74) is 1.33. The summed E-state index contributed by atoms with van der Waals surface area (Å²) in [5, 5.41) is 8.33. The first-order valence-electron chi connectivity index (χ1n) is 5.15. The third-order valence-electron chi connectivity index (χ3n) is 1.63. The van der Waals surface area contributed by atoms with E-state index in [1.807, 2.05) is 31.2 Å². The molecular formula is C13H22O3. The van der Waals surface area contributed by atoms with Gasteiger partial charge in [-0.3, -0.25) is 0 Å². The SMILES string of the molecule is C=CCc1ccccc1.CCOC(C)O.O. The number of rotatable bonds is 4. The molecular weight excluding hydrogens is 204 g/mol. The highest BCUT2D eigenvalue weighted by Crippen LogP contribution is 1.98. The minimum atomic E-state index is -0.602. The molecule has 0 aliphatic rings. The van der Waals surface area contributed by atoms with E-state index in [-0.39, 0.29) is 5.48 Å². The van der Waals surface area contributed by atoms with Crippen LogP contribution in [-0.2, 0) is 11.2 Å². The fourth-order valence-corrected chi connectivity index (χ4v) is 1.02. The standard InChI is InChI=1S/C9H10.C4H10O2.H2O/c1-2-6-9-7-4-3-5-8-9;1-3-6-4(2)5;/h2-5,7-8H,1,6H2;4-5H,3H2,1-2H3;1H2. The Kier molecular flexibility index (Phi) is 12.8. The van der Waals surface area contributed by atoms with Crippen molar-refractivity contribution in [1.29, 1.82) is 0 Å². The second-order valence-corrected chi connectivity index (χ2v) is 3.03. The topological polar surface area (TPSA) is 61.0 Å². The summed E-state index contributed by atoms with van der Waals surface area (Å²) in [5.74, 6) is 0. The number of benzene rings is 1. The Morgan fingerprint density at radius 2 is 1.94 bits per heavy atom. The molecule has 0 aliphatic carbocycles. The summed E-state index contributed by atoms with van der Waals surface area (Å²) in [6.07, 6.45) is 2.28. The van der Waals surface area contributed by atoms with Crippen molar-refractivity contribution >= 4 is 0 Å². The van der Waals surface area contributed by atoms with Gasteiger partial charge in [0.1, 0.15) is 0 Å². The van der Waals surface area contributed by atoms with Crippen LogP contribution in [0.2, 0.25) is 0 Å². The van der Waals surface area contributed by atoms with Crippen molar-refractivity contribution in [3.63, 3.8) is 0 Å². The molecule has 3 nitrogen and oxygen atoms in total. The number of aliphatic hydroxyl groups excluding tert-OH is 1. The number of allylic oxidation sites excluding steroid dienone is 1. The summed E-state index contributed by atoms with van der Waals surface area (Å²) in [6, 6.07) is 10.3. The van der Waals surface area contributed by atoms with Crippen LogP contribution in [0.1, 0.15) is 19.4 Å². The highest BCUT2D eigenvalue weighted by atomic mass is 16.6. The third-order valence-corrected chi connectivity index (χ3v) is 1.63. The quantitative estimate of drug-likeness (QED) is 0.630. The van der Waals surface area contributed by atoms with Crippen molar-refractivity contribution < 1.29 is 15.3 Å². The van der Waals surface area contributed by atoms with Crippen LogP contribution in [0.3, 0.4) is 0 Å². The molecule has 0 fully saturated rings. The van der Waals surface area contributed by atoms with Crippen LogP contribution in [0, 0.1) is 0 Å². The maximum Gasteiger partial charge on any atom is 0.151 e. The van der Waals surface area contributed by atoms with Crippen molar-refractivity contribution in [3.8, 4) is 0 Å². The summed E-state index contributed by atoms with van der Waals surface area (Å²) in [6.45, 7) is 7.66. The first-order chi connectivity index (χ1) is 7.20. The van der Waals surface area contributed by atoms with Crippen molar-refractivity contribution in [2.24, 2.45) is 0 Å². The van der Waals surface area contributed by atoms with Crippen molar-refractivity contribution in [1.82, 2.24) is 0 Å². The van der Waals surface area contributed by atoms with Gasteiger partial charge in [-0.1, -0.05) is 36.4 Å². The van der Waals surface area contributed by atoms with Crippen LogP contribution in [0.25, 0.3) is 0 Å². The van der Waals surface area contributed by atoms with Gasteiger partial charge in [0.25, 0.3) is 0 Å². The van der Waals surface area contributed by atoms with Crippen LogP contribution in [-0.4, -0.2) is 23.5 Å². The molecule has 0 bridgehead atoms. The molecule has 16 heavy (non-hydrogen) atoms. The van der Waals surface area contributed by atoms with Gasteiger partial charge in [0.15, 0.2) is 6.29 Å². The van der Waals surface area contributed by atoms with Gasteiger partial charge in [-0.15, -0.1) is 6.58 Å². The van der Waals surface area contributed by atoms with Crippen molar-refractivity contribution in [3.05, 3.63) is 48.6 Å². The molecule has 3 N–H and O–H groups in total. The molecule has 0 aliphatic heterocycles. The van der Waals surface area contributed by atoms with E-state index >= 15 is 0 Å². The zero-order valence-corrected chi connectivity index (χ0v) is 10.0. The fraction of sp³-hybridized carbons (Fsp3) is 0.385. The van der Waals surface area contributed by atoms with Crippen LogP contribution in [0.15, 0.2) is 43.0 Å². The molecule has 0 aromatic heterocycles. The summed E-state index contributed by atoms with van der Waals surface area (Å²) in [7, 11) is 0. The van der Waals surface area contributed by atoms with Gasteiger partial charge in [0.05, 0.1) is 0 Å². The van der Waals surface area contributed by atoms with Crippen LogP contribution < -0.4 is 0 Å². The maximum atomic E-state index is 8.33. The molecule has 0 heterocycles. The molecule has 0 radical (unpaired) electrons. The Labute approximate surface area is 97.7 Å². The smallest absolute Gasteiger partial charge is 0.151 e. The highest BCUT2D eigenvalue weighted by Gasteiger charge is 1.85. The second-order valence-electron chi connectivity index (χ2n) is 3.03. The first kappa shape index (κ1) is 17.2. The summed E-state index contributed by atoms with van der Waals surface area (Å²) >= 11 is 0. The molecule has 1 atom stereocenters. The van der Waals surface area contributed by atoms with E-state index in [4.69, 9.17) is 5.11 Å². The minimum absolute atomic E-state index is 0. The first-order valence-corrected chi connectivity index (χ1v) is 5.15. The maximum absolute atomic E-state index is 8.33. The van der Waals surface area contributed by atoms with Crippen LogP contribution >= 0.6 is 0 Å². The predicted molar refractivity (Wildman–Crippen MR) is 67.3 cm³/mol. The lowest BCUT2D eigenvalue weighted by molar-refractivity contribution is -0.0800. The predicted octanol–water partition coefficient (Wildman–Crippen LogP) is 1.95. The van der Waals surface area contributed by atoms with E-state index in [0.29, 0.717) is 6.61 Å². The average Bonchev–Trinajstić information content (AvgIpc) is 2.20. The van der Waals surface area contributed by atoms with Gasteiger partial charge in [-0.05, 0) is 25.8 Å². The van der Waals surface area contributed by atoms with E-state index in [0.717, 1.165) is 6.42 Å². The molecule has 0 spiro atoms. The van der Waals surface area contributed by atoms with Gasteiger partial charge in [-0.25, -0.2) is 0 Å². The molecule has 1 rings (SSSR count). The highest BCUT2D eigenvalue weighted by molar-refractivity contribution is 5.16. The zero-order valence-electron chi connectivity index (χ0n) is 10.0. The third kappa shape index (κ3) is 10.9. The number of hydrogen-bond donors (Lipinski definition) is 1. The van der Waals surface area contributed by atoms with E-state index in [9.17, 15) is 0 Å². The summed E-state index contributed by atoms with van der Waals surface area (Å²) < 4.78 is 4.60. The molecule has 0 saturated heterocycles. The molecule has 1 aromatic carbocycles. The minimum Gasteiger partial charge on any atom is -0.412 e. The number of aliphatic hydroxyl groups is 1. The Hall–Kier alpha value is -1.16. The molecule has 3 heteroatoms. The lowest BCUT2D eigenvalue weighted by atomic mass is 10.2. The van der Waals surface area contributed by atoms with Gasteiger partial charge in [0, 0.05) is 6.61 Å². The van der Waals surface area contributed by atoms with Crippen LogP contribution in [0.4, 0.5) is 0 Å². The van der Waals surface area contributed by atoms with E-state index < -0.39 is 6.29 Å². The Morgan fingerprint density at radius 3 is 2.25 bits per heavy atom. The van der Waals surface area contributed by atoms with Crippen LogP contribution in [0.5, 0.6) is 0 Å². The lowest BCUT2D eigenvalue weighted by Gasteiger charge is -1.99. The zero-order chi connectivity index (χ0) is 11.5. The Morgan fingerprint density at radius 1 is 1.38 bits per heavy atom. The molecule has 1 unspecified atom stereocenters. The lowest BCUT2D eigenvalue weighted by Crippen LogP contribution is -2.04. The van der Waals surface area contributed by atoms with Gasteiger partial charge in [0.2, 0.25) is 0 Å². The van der Waals surface area contributed by atoms with Gasteiger partial charge < -0.3 is 15.3 Å². The molecule has 0 saturated carbocycles. The van der Waals surface area contributed by atoms with Crippen molar-refractivity contribution in [2.75, 3.05) is 6.61 Å². The van der Waals surface area contributed by atoms with E-state index in [1.165, 1.54) is 5.56 Å². The van der Waals surface area contributed by atoms with Gasteiger partial charge >= 0.3 is 0 Å². The fourth-order valence-electron chi connectivity index (χ4n) is 1.02. The largest absolute Gasteiger partial charge is 0.412 e. The Bertz CT molecular complexity index is 245. The monoisotopic (exact) mass is 226 g/mol. The molecule has 0 amide bonds. The van der Waals surface area contributed by atoms with E-state index in [2.05, 4.69) is 23.4 Å². The van der Waals surface area contributed by atoms with Gasteiger partial charge in [-0.2, -0.15) is 0 Å². The normalized spacial score (nSPS) is 10.4. The molecule has 1 aromatic rings.